The van der Waals surface area contributed by atoms with E-state index in [-0.39, 0.29) is 0 Å². The highest BCUT2D eigenvalue weighted by Crippen LogP contribution is 2.39. The summed E-state index contributed by atoms with van der Waals surface area (Å²) in [4.78, 5) is 21.3. The number of pyridine rings is 1. The first-order valence-corrected chi connectivity index (χ1v) is 8.62. The number of imidazole rings is 1. The van der Waals surface area contributed by atoms with Gasteiger partial charge in [-0.1, -0.05) is 18.5 Å². The quantitative estimate of drug-likeness (QED) is 0.866. The molecule has 2 aromatic heterocycles. The molecule has 0 aromatic carbocycles. The minimum absolute atomic E-state index is 0.296. The summed E-state index contributed by atoms with van der Waals surface area (Å²) >= 11 is 6.01. The Morgan fingerprint density at radius 1 is 1.26 bits per heavy atom. The van der Waals surface area contributed by atoms with E-state index in [4.69, 9.17) is 11.6 Å². The third-order valence-corrected chi connectivity index (χ3v) is 5.18. The van der Waals surface area contributed by atoms with Gasteiger partial charge in [-0.2, -0.15) is 0 Å². The van der Waals surface area contributed by atoms with E-state index in [1.165, 1.54) is 0 Å². The Morgan fingerprint density at radius 3 is 2.70 bits per heavy atom. The van der Waals surface area contributed by atoms with Crippen molar-refractivity contribution in [3.05, 3.63) is 35.2 Å². The van der Waals surface area contributed by atoms with Gasteiger partial charge < -0.3 is 9.30 Å². The van der Waals surface area contributed by atoms with Crippen LogP contribution in [0.3, 0.4) is 0 Å². The molecule has 0 N–H and O–H groups in total. The SMILES string of the molecule is C[C@H]1C[C@@H]1C(=O)N1CCN(Cc2cn3cc(Cl)ccc3n2)CC1. The topological polar surface area (TPSA) is 40.9 Å². The summed E-state index contributed by atoms with van der Waals surface area (Å²) in [7, 11) is 0. The van der Waals surface area contributed by atoms with Crippen LogP contribution in [-0.2, 0) is 11.3 Å². The van der Waals surface area contributed by atoms with Crippen LogP contribution in [-0.4, -0.2) is 51.3 Å². The lowest BCUT2D eigenvalue weighted by molar-refractivity contribution is -0.134. The maximum Gasteiger partial charge on any atom is 0.226 e. The monoisotopic (exact) mass is 332 g/mol. The second-order valence-corrected chi connectivity index (χ2v) is 7.20. The average molecular weight is 333 g/mol. The molecule has 1 aliphatic carbocycles. The molecule has 0 unspecified atom stereocenters. The number of nitrogens with zero attached hydrogens (tertiary/aromatic N) is 4. The number of carbonyl (C=O) groups is 1. The molecule has 2 aromatic rings. The number of piperazine rings is 1. The van der Waals surface area contributed by atoms with Crippen molar-refractivity contribution in [3.63, 3.8) is 0 Å². The number of rotatable bonds is 3. The van der Waals surface area contributed by atoms with Gasteiger partial charge in [0.1, 0.15) is 5.65 Å². The molecular weight excluding hydrogens is 312 g/mol. The van der Waals surface area contributed by atoms with Crippen LogP contribution in [0.2, 0.25) is 5.02 Å². The van der Waals surface area contributed by atoms with Crippen molar-refractivity contribution >= 4 is 23.2 Å². The molecule has 3 heterocycles. The maximum absolute atomic E-state index is 12.3. The fourth-order valence-corrected chi connectivity index (χ4v) is 3.52. The highest BCUT2D eigenvalue weighted by molar-refractivity contribution is 6.30. The van der Waals surface area contributed by atoms with Crippen molar-refractivity contribution in [3.8, 4) is 0 Å². The van der Waals surface area contributed by atoms with E-state index < -0.39 is 0 Å². The number of halogens is 1. The number of hydrogen-bond donors (Lipinski definition) is 0. The van der Waals surface area contributed by atoms with Crippen LogP contribution in [0.15, 0.2) is 24.5 Å². The predicted octanol–water partition coefficient (Wildman–Crippen LogP) is 2.29. The number of carbonyl (C=O) groups excluding carboxylic acids is 1. The second kappa shape index (κ2) is 5.80. The van der Waals surface area contributed by atoms with Crippen LogP contribution >= 0.6 is 11.6 Å². The Morgan fingerprint density at radius 2 is 2.00 bits per heavy atom. The van der Waals surface area contributed by atoms with Gasteiger partial charge in [-0.15, -0.1) is 0 Å². The number of amides is 1. The van der Waals surface area contributed by atoms with Crippen molar-refractivity contribution in [2.24, 2.45) is 11.8 Å². The van der Waals surface area contributed by atoms with Gasteiger partial charge in [-0.05, 0) is 24.5 Å². The summed E-state index contributed by atoms with van der Waals surface area (Å²) in [6.45, 7) is 6.49. The van der Waals surface area contributed by atoms with E-state index in [2.05, 4.69) is 16.8 Å². The lowest BCUT2D eigenvalue weighted by atomic mass is 10.2. The molecule has 0 spiro atoms. The predicted molar refractivity (Wildman–Crippen MR) is 89.3 cm³/mol. The van der Waals surface area contributed by atoms with E-state index in [9.17, 15) is 4.79 Å². The molecule has 1 amide bonds. The minimum Gasteiger partial charge on any atom is -0.340 e. The van der Waals surface area contributed by atoms with Crippen molar-refractivity contribution in [2.45, 2.75) is 19.9 Å². The van der Waals surface area contributed by atoms with Crippen molar-refractivity contribution < 1.29 is 4.79 Å². The van der Waals surface area contributed by atoms with Gasteiger partial charge in [0.25, 0.3) is 0 Å². The number of fused-ring (bicyclic) bond motifs is 1. The highest BCUT2D eigenvalue weighted by Gasteiger charge is 2.41. The van der Waals surface area contributed by atoms with Crippen LogP contribution in [0.1, 0.15) is 19.0 Å². The summed E-state index contributed by atoms with van der Waals surface area (Å²) in [5, 5.41) is 0.711. The Balaban J connectivity index is 1.36. The Kier molecular flexibility index (Phi) is 3.77. The molecule has 1 saturated heterocycles. The molecule has 2 fully saturated rings. The molecule has 2 aliphatic rings. The molecular formula is C17H21ClN4O. The first-order chi connectivity index (χ1) is 11.1. The lowest BCUT2D eigenvalue weighted by Crippen LogP contribution is -2.48. The Bertz CT molecular complexity index is 735. The van der Waals surface area contributed by atoms with Gasteiger partial charge >= 0.3 is 0 Å². The third-order valence-electron chi connectivity index (χ3n) is 4.96. The van der Waals surface area contributed by atoms with Crippen molar-refractivity contribution in [1.82, 2.24) is 19.2 Å². The molecule has 0 radical (unpaired) electrons. The van der Waals surface area contributed by atoms with Crippen molar-refractivity contribution in [2.75, 3.05) is 26.2 Å². The smallest absolute Gasteiger partial charge is 0.226 e. The molecule has 122 valence electrons. The number of aromatic nitrogens is 2. The first-order valence-electron chi connectivity index (χ1n) is 8.24. The molecule has 2 atom stereocenters. The molecule has 6 heteroatoms. The lowest BCUT2D eigenvalue weighted by Gasteiger charge is -2.34. The van der Waals surface area contributed by atoms with Gasteiger partial charge in [0.2, 0.25) is 5.91 Å². The fraction of sp³-hybridized carbons (Fsp3) is 0.529. The van der Waals surface area contributed by atoms with Gasteiger partial charge in [-0.3, -0.25) is 9.69 Å². The summed E-state index contributed by atoms with van der Waals surface area (Å²) in [5.41, 5.74) is 1.96. The molecule has 5 nitrogen and oxygen atoms in total. The zero-order valence-electron chi connectivity index (χ0n) is 13.3. The molecule has 4 rings (SSSR count). The summed E-state index contributed by atoms with van der Waals surface area (Å²) in [6, 6.07) is 3.79. The van der Waals surface area contributed by atoms with E-state index in [1.54, 1.807) is 0 Å². The second-order valence-electron chi connectivity index (χ2n) is 6.77. The normalized spacial score (nSPS) is 25.0. The molecule has 23 heavy (non-hydrogen) atoms. The Hall–Kier alpha value is -1.59. The standard InChI is InChI=1S/C17H21ClN4O/c1-12-8-15(12)17(23)21-6-4-20(5-7-21)10-14-11-22-9-13(18)2-3-16(22)19-14/h2-3,9,11-12,15H,4-8,10H2,1H3/t12-,15-/m0/s1. The number of hydrogen-bond acceptors (Lipinski definition) is 3. The van der Waals surface area contributed by atoms with Crippen LogP contribution in [0.25, 0.3) is 5.65 Å². The maximum atomic E-state index is 12.3. The molecule has 1 aliphatic heterocycles. The summed E-state index contributed by atoms with van der Waals surface area (Å²) in [5.74, 6) is 1.24. The van der Waals surface area contributed by atoms with Gasteiger partial charge in [0.15, 0.2) is 0 Å². The van der Waals surface area contributed by atoms with Crippen LogP contribution in [0.4, 0.5) is 0 Å². The minimum atomic E-state index is 0.296. The van der Waals surface area contributed by atoms with Crippen LogP contribution < -0.4 is 0 Å². The van der Waals surface area contributed by atoms with E-state index in [1.807, 2.05) is 33.8 Å². The van der Waals surface area contributed by atoms with E-state index in [0.29, 0.717) is 22.8 Å². The van der Waals surface area contributed by atoms with Crippen LogP contribution in [0.5, 0.6) is 0 Å². The van der Waals surface area contributed by atoms with Gasteiger partial charge in [-0.25, -0.2) is 4.98 Å². The summed E-state index contributed by atoms with van der Waals surface area (Å²) in [6.07, 6.45) is 4.98. The first kappa shape index (κ1) is 15.0. The zero-order valence-corrected chi connectivity index (χ0v) is 14.0. The van der Waals surface area contributed by atoms with Crippen molar-refractivity contribution in [1.29, 1.82) is 0 Å². The third kappa shape index (κ3) is 3.08. The van der Waals surface area contributed by atoms with E-state index >= 15 is 0 Å². The van der Waals surface area contributed by atoms with Gasteiger partial charge in [0.05, 0.1) is 10.7 Å². The van der Waals surface area contributed by atoms with E-state index in [0.717, 1.165) is 50.5 Å². The average Bonchev–Trinajstić information content (AvgIpc) is 3.13. The zero-order chi connectivity index (χ0) is 16.0. The fourth-order valence-electron chi connectivity index (χ4n) is 3.35. The summed E-state index contributed by atoms with van der Waals surface area (Å²) < 4.78 is 1.96. The molecule has 1 saturated carbocycles. The Labute approximate surface area is 140 Å². The molecule has 0 bridgehead atoms. The highest BCUT2D eigenvalue weighted by atomic mass is 35.5. The largest absolute Gasteiger partial charge is 0.340 e. The van der Waals surface area contributed by atoms with Crippen LogP contribution in [0, 0.1) is 11.8 Å². The van der Waals surface area contributed by atoms with Gasteiger partial charge in [0, 0.05) is 51.0 Å².